The molecule has 0 heterocycles. The van der Waals surface area contributed by atoms with Crippen molar-refractivity contribution < 1.29 is 23.8 Å². The Morgan fingerprint density at radius 1 is 1.09 bits per heavy atom. The van der Waals surface area contributed by atoms with Crippen molar-refractivity contribution in [1.29, 1.82) is 0 Å². The third kappa shape index (κ3) is 5.62. The Labute approximate surface area is 136 Å². The average molecular weight is 318 g/mol. The van der Waals surface area contributed by atoms with E-state index in [9.17, 15) is 9.59 Å². The lowest BCUT2D eigenvalue weighted by atomic mass is 10.1. The van der Waals surface area contributed by atoms with Gasteiger partial charge in [0.15, 0.2) is 0 Å². The molecule has 0 saturated carbocycles. The van der Waals surface area contributed by atoms with E-state index >= 15 is 0 Å². The second kappa shape index (κ2) is 9.46. The highest BCUT2D eigenvalue weighted by molar-refractivity contribution is 5.95. The van der Waals surface area contributed by atoms with Crippen LogP contribution in [-0.2, 0) is 19.1 Å². The van der Waals surface area contributed by atoms with Gasteiger partial charge in [-0.1, -0.05) is 38.5 Å². The van der Waals surface area contributed by atoms with Crippen molar-refractivity contribution in [3.8, 4) is 5.75 Å². The maximum absolute atomic E-state index is 12.3. The Kier molecular flexibility index (Phi) is 7.60. The first-order chi connectivity index (χ1) is 11.0. The van der Waals surface area contributed by atoms with Crippen molar-refractivity contribution in [2.45, 2.75) is 33.1 Å². The smallest absolute Gasteiger partial charge is 0.373 e. The van der Waals surface area contributed by atoms with Crippen LogP contribution in [0.1, 0.15) is 33.1 Å². The summed E-state index contributed by atoms with van der Waals surface area (Å²) < 4.78 is 15.3. The largest absolute Gasteiger partial charge is 0.463 e. The normalized spacial score (nSPS) is 11.3. The van der Waals surface area contributed by atoms with Crippen molar-refractivity contribution >= 4 is 11.9 Å². The van der Waals surface area contributed by atoms with Crippen molar-refractivity contribution in [3.63, 3.8) is 0 Å². The van der Waals surface area contributed by atoms with Gasteiger partial charge in [0, 0.05) is 6.42 Å². The number of ether oxygens (including phenoxy) is 3. The molecule has 0 saturated heterocycles. The molecule has 0 aliphatic heterocycles. The molecule has 1 aromatic rings. The first-order valence-electron chi connectivity index (χ1n) is 7.47. The lowest BCUT2D eigenvalue weighted by Gasteiger charge is -2.14. The van der Waals surface area contributed by atoms with Gasteiger partial charge in [0.25, 0.3) is 0 Å². The molecule has 0 radical (unpaired) electrons. The fraction of sp³-hybridized carbons (Fsp3) is 0.333. The van der Waals surface area contributed by atoms with Crippen LogP contribution in [0.5, 0.6) is 5.75 Å². The van der Waals surface area contributed by atoms with Crippen LogP contribution in [0, 0.1) is 0 Å². The zero-order valence-corrected chi connectivity index (χ0v) is 13.8. The molecule has 5 nitrogen and oxygen atoms in total. The maximum atomic E-state index is 12.3. The Bertz CT molecular complexity index is 587. The lowest BCUT2D eigenvalue weighted by Crippen LogP contribution is -2.16. The monoisotopic (exact) mass is 318 g/mol. The van der Waals surface area contributed by atoms with E-state index in [0.29, 0.717) is 29.9 Å². The molecule has 0 unspecified atom stereocenters. The van der Waals surface area contributed by atoms with Gasteiger partial charge in [0.2, 0.25) is 5.76 Å². The van der Waals surface area contributed by atoms with E-state index < -0.39 is 11.9 Å². The molecule has 1 rings (SSSR count). The molecule has 0 amide bonds. The Morgan fingerprint density at radius 3 is 2.26 bits per heavy atom. The predicted molar refractivity (Wildman–Crippen MR) is 86.5 cm³/mol. The van der Waals surface area contributed by atoms with E-state index in [1.54, 1.807) is 12.1 Å². The van der Waals surface area contributed by atoms with E-state index in [2.05, 4.69) is 11.3 Å². The van der Waals surface area contributed by atoms with E-state index in [-0.39, 0.29) is 5.76 Å². The standard InChI is InChI=1S/C18H22O5/c1-5-10-15(18(20)22-13(3)17(19)21-4)16(6-2)23-14-11-8-7-9-12-14/h7-9,11-12H,3,5-6,10H2,1-2,4H3. The van der Waals surface area contributed by atoms with Gasteiger partial charge in [0.05, 0.1) is 12.7 Å². The Balaban J connectivity index is 3.01. The topological polar surface area (TPSA) is 61.8 Å². The van der Waals surface area contributed by atoms with Gasteiger partial charge in [0.1, 0.15) is 11.5 Å². The predicted octanol–water partition coefficient (Wildman–Crippen LogP) is 3.76. The number of methoxy groups -OCH3 is 1. The van der Waals surface area contributed by atoms with Crippen LogP contribution in [0.15, 0.2) is 54.0 Å². The lowest BCUT2D eigenvalue weighted by molar-refractivity contribution is -0.147. The van der Waals surface area contributed by atoms with E-state index in [1.807, 2.05) is 32.0 Å². The fourth-order valence-electron chi connectivity index (χ4n) is 1.91. The molecule has 0 aliphatic rings. The molecule has 0 bridgehead atoms. The number of hydrogen-bond donors (Lipinski definition) is 0. The molecule has 0 aliphatic carbocycles. The Morgan fingerprint density at radius 2 is 1.74 bits per heavy atom. The van der Waals surface area contributed by atoms with Crippen LogP contribution in [0.2, 0.25) is 0 Å². The van der Waals surface area contributed by atoms with Gasteiger partial charge >= 0.3 is 11.9 Å². The first-order valence-corrected chi connectivity index (χ1v) is 7.47. The zero-order valence-electron chi connectivity index (χ0n) is 13.8. The van der Waals surface area contributed by atoms with Crippen LogP contribution in [-0.4, -0.2) is 19.0 Å². The quantitative estimate of drug-likeness (QED) is 0.415. The minimum atomic E-state index is -0.781. The number of carbonyl (C=O) groups is 2. The summed E-state index contributed by atoms with van der Waals surface area (Å²) in [6.45, 7) is 7.22. The summed E-state index contributed by atoms with van der Waals surface area (Å²) in [5.41, 5.74) is 0.393. The average Bonchev–Trinajstić information content (AvgIpc) is 2.57. The number of carbonyl (C=O) groups excluding carboxylic acids is 2. The first kappa shape index (κ1) is 18.5. The van der Waals surface area contributed by atoms with Gasteiger partial charge in [-0.15, -0.1) is 0 Å². The summed E-state index contributed by atoms with van der Waals surface area (Å²) in [5, 5.41) is 0. The summed E-state index contributed by atoms with van der Waals surface area (Å²) >= 11 is 0. The van der Waals surface area contributed by atoms with E-state index in [0.717, 1.165) is 6.42 Å². The minimum Gasteiger partial charge on any atom is -0.463 e. The summed E-state index contributed by atoms with van der Waals surface area (Å²) in [6.07, 6.45) is 1.73. The van der Waals surface area contributed by atoms with Gasteiger partial charge in [-0.25, -0.2) is 9.59 Å². The number of esters is 2. The van der Waals surface area contributed by atoms with Crippen LogP contribution in [0.3, 0.4) is 0 Å². The van der Waals surface area contributed by atoms with Crippen LogP contribution < -0.4 is 4.74 Å². The van der Waals surface area contributed by atoms with Crippen molar-refractivity contribution in [3.05, 3.63) is 54.0 Å². The van der Waals surface area contributed by atoms with E-state index in [4.69, 9.17) is 9.47 Å². The maximum Gasteiger partial charge on any atom is 0.373 e. The molecular formula is C18H22O5. The third-order valence-corrected chi connectivity index (χ3v) is 3.02. The van der Waals surface area contributed by atoms with Crippen molar-refractivity contribution in [2.24, 2.45) is 0 Å². The number of rotatable bonds is 8. The number of hydrogen-bond acceptors (Lipinski definition) is 5. The highest BCUT2D eigenvalue weighted by Gasteiger charge is 2.21. The molecule has 124 valence electrons. The summed E-state index contributed by atoms with van der Waals surface area (Å²) in [7, 11) is 1.19. The molecule has 0 fully saturated rings. The van der Waals surface area contributed by atoms with Crippen LogP contribution >= 0.6 is 0 Å². The second-order valence-corrected chi connectivity index (χ2v) is 4.72. The zero-order chi connectivity index (χ0) is 17.2. The van der Waals surface area contributed by atoms with Crippen LogP contribution in [0.4, 0.5) is 0 Å². The highest BCUT2D eigenvalue weighted by atomic mass is 16.6. The van der Waals surface area contributed by atoms with Gasteiger partial charge in [-0.05, 0) is 25.1 Å². The molecule has 23 heavy (non-hydrogen) atoms. The molecular weight excluding hydrogens is 296 g/mol. The van der Waals surface area contributed by atoms with Gasteiger partial charge in [-0.2, -0.15) is 0 Å². The van der Waals surface area contributed by atoms with E-state index in [1.165, 1.54) is 7.11 Å². The third-order valence-electron chi connectivity index (χ3n) is 3.02. The molecule has 5 heteroatoms. The number of benzene rings is 1. The second-order valence-electron chi connectivity index (χ2n) is 4.72. The summed E-state index contributed by atoms with van der Waals surface area (Å²) in [5.74, 6) is -0.620. The summed E-state index contributed by atoms with van der Waals surface area (Å²) in [4.78, 5) is 23.6. The highest BCUT2D eigenvalue weighted by Crippen LogP contribution is 2.22. The van der Waals surface area contributed by atoms with Crippen molar-refractivity contribution in [2.75, 3.05) is 7.11 Å². The van der Waals surface area contributed by atoms with Gasteiger partial charge < -0.3 is 14.2 Å². The van der Waals surface area contributed by atoms with Gasteiger partial charge in [-0.3, -0.25) is 0 Å². The van der Waals surface area contributed by atoms with Crippen molar-refractivity contribution in [1.82, 2.24) is 0 Å². The molecule has 0 aromatic heterocycles. The molecule has 0 spiro atoms. The number of para-hydroxylation sites is 1. The molecule has 0 N–H and O–H groups in total. The number of allylic oxidation sites excluding steroid dienone is 1. The molecule has 1 aromatic carbocycles. The fourth-order valence-corrected chi connectivity index (χ4v) is 1.91. The summed E-state index contributed by atoms with van der Waals surface area (Å²) in [6, 6.07) is 9.18. The molecule has 0 atom stereocenters. The SMILES string of the molecule is C=C(OC(=O)C(CCC)=C(CC)Oc1ccccc1)C(=O)OC. The Hall–Kier alpha value is -2.56. The minimum absolute atomic E-state index is 0.346. The van der Waals surface area contributed by atoms with Crippen LogP contribution in [0.25, 0.3) is 0 Å².